The van der Waals surface area contributed by atoms with Crippen LogP contribution in [0.15, 0.2) is 41.3 Å². The Bertz CT molecular complexity index is 1360. The van der Waals surface area contributed by atoms with Gasteiger partial charge in [-0.15, -0.1) is 0 Å². The van der Waals surface area contributed by atoms with Crippen molar-refractivity contribution >= 4 is 27.0 Å². The van der Waals surface area contributed by atoms with Gasteiger partial charge in [-0.05, 0) is 35.7 Å². The summed E-state index contributed by atoms with van der Waals surface area (Å²) < 4.78 is 44.5. The highest BCUT2D eigenvalue weighted by Crippen LogP contribution is 2.26. The Morgan fingerprint density at radius 2 is 1.91 bits per heavy atom. The van der Waals surface area contributed by atoms with Crippen LogP contribution < -0.4 is 15.6 Å². The average molecular weight is 493 g/mol. The summed E-state index contributed by atoms with van der Waals surface area (Å²) in [7, 11) is -2.06. The van der Waals surface area contributed by atoms with Gasteiger partial charge in [-0.25, -0.2) is 17.5 Å². The minimum absolute atomic E-state index is 0.0127. The summed E-state index contributed by atoms with van der Waals surface area (Å²) >= 11 is 0. The van der Waals surface area contributed by atoms with Gasteiger partial charge in [0.2, 0.25) is 10.0 Å². The molecule has 0 unspecified atom stereocenters. The number of ether oxygens (including phenoxy) is 1. The van der Waals surface area contributed by atoms with Crippen molar-refractivity contribution < 1.29 is 27.4 Å². The largest absolute Gasteiger partial charge is 0.505 e. The number of hydrogen-bond donors (Lipinski definition) is 3. The minimum atomic E-state index is -3.52. The summed E-state index contributed by atoms with van der Waals surface area (Å²) in [6.45, 7) is 0.0950. The Morgan fingerprint density at radius 1 is 1.21 bits per heavy atom. The number of methoxy groups -OCH3 is 1. The summed E-state index contributed by atoms with van der Waals surface area (Å²) in [5, 5.41) is 13.2. The molecule has 2 aromatic heterocycles. The highest BCUT2D eigenvalue weighted by molar-refractivity contribution is 7.88. The number of amides is 1. The number of nitrogens with zero attached hydrogens (tertiary/aromatic N) is 2. The number of halogens is 1. The second kappa shape index (κ2) is 10.7. The third-order valence-corrected chi connectivity index (χ3v) is 5.70. The lowest BCUT2D eigenvalue weighted by Crippen LogP contribution is -2.37. The highest BCUT2D eigenvalue weighted by Gasteiger charge is 2.23. The number of nitrogens with one attached hydrogen (secondary N) is 2. The molecule has 0 bridgehead atoms. The van der Waals surface area contributed by atoms with Gasteiger partial charge in [0.25, 0.3) is 11.5 Å². The first-order valence-electron chi connectivity index (χ1n) is 10.3. The molecule has 3 N–H and O–H groups in total. The molecular formula is C22H25FN4O6S. The summed E-state index contributed by atoms with van der Waals surface area (Å²) in [6, 6.07) is 7.52. The fourth-order valence-corrected chi connectivity index (χ4v) is 3.87. The third kappa shape index (κ3) is 6.16. The molecule has 0 fully saturated rings. The van der Waals surface area contributed by atoms with Crippen molar-refractivity contribution in [3.05, 3.63) is 69.4 Å². The maximum atomic E-state index is 13.2. The van der Waals surface area contributed by atoms with Crippen molar-refractivity contribution in [3.63, 3.8) is 0 Å². The monoisotopic (exact) mass is 492 g/mol. The van der Waals surface area contributed by atoms with E-state index in [1.165, 1.54) is 30.0 Å². The summed E-state index contributed by atoms with van der Waals surface area (Å²) in [4.78, 5) is 30.1. The first-order chi connectivity index (χ1) is 16.1. The van der Waals surface area contributed by atoms with Crippen molar-refractivity contribution in [3.8, 4) is 5.75 Å². The van der Waals surface area contributed by atoms with E-state index in [1.54, 1.807) is 18.2 Å². The molecule has 0 saturated heterocycles. The van der Waals surface area contributed by atoms with Crippen molar-refractivity contribution in [2.45, 2.75) is 13.0 Å². The van der Waals surface area contributed by atoms with Gasteiger partial charge in [-0.2, -0.15) is 0 Å². The van der Waals surface area contributed by atoms with Gasteiger partial charge in [0.15, 0.2) is 5.75 Å². The molecule has 0 aliphatic carbocycles. The molecule has 34 heavy (non-hydrogen) atoms. The number of fused-ring (bicyclic) bond motifs is 1. The number of hydrogen-bond acceptors (Lipinski definition) is 7. The first-order valence-corrected chi connectivity index (χ1v) is 12.2. The first kappa shape index (κ1) is 25.3. The molecular weight excluding hydrogens is 467 g/mol. The number of pyridine rings is 2. The van der Waals surface area contributed by atoms with Crippen LogP contribution in [-0.2, 0) is 27.7 Å². The Labute approximate surface area is 195 Å². The molecule has 10 nitrogen and oxygen atoms in total. The Hall–Kier alpha value is -3.35. The molecule has 0 radical (unpaired) electrons. The standard InChI is InChI=1S/C22H25FN4O6S/c1-33-10-8-24-21(29)18-20(28)19-17(27(22(18)30)9-7-26-34(2,31)32)12-15(13-25-19)11-14-3-5-16(23)6-4-14/h3-6,12-13,26,28H,7-11H2,1-2H3,(H,24,29). The number of sulfonamides is 1. The molecule has 2 heterocycles. The normalized spacial score (nSPS) is 11.6. The van der Waals surface area contributed by atoms with Crippen LogP contribution in [0.25, 0.3) is 11.0 Å². The molecule has 0 saturated carbocycles. The third-order valence-electron chi connectivity index (χ3n) is 4.98. The van der Waals surface area contributed by atoms with Gasteiger partial charge in [0, 0.05) is 32.9 Å². The van der Waals surface area contributed by atoms with E-state index in [4.69, 9.17) is 4.74 Å². The van der Waals surface area contributed by atoms with Crippen LogP contribution in [0.4, 0.5) is 4.39 Å². The van der Waals surface area contributed by atoms with Crippen molar-refractivity contribution in [2.24, 2.45) is 0 Å². The van der Waals surface area contributed by atoms with Crippen LogP contribution in [0.1, 0.15) is 21.5 Å². The quantitative estimate of drug-likeness (QED) is 0.355. The number of aromatic nitrogens is 2. The van der Waals surface area contributed by atoms with Crippen molar-refractivity contribution in [1.82, 2.24) is 19.6 Å². The smallest absolute Gasteiger partial charge is 0.267 e. The van der Waals surface area contributed by atoms with Gasteiger partial charge < -0.3 is 19.7 Å². The highest BCUT2D eigenvalue weighted by atomic mass is 32.2. The SMILES string of the molecule is COCCNC(=O)c1c(O)c2ncc(Cc3ccc(F)cc3)cc2n(CCNS(C)(=O)=O)c1=O. The zero-order valence-electron chi connectivity index (χ0n) is 18.7. The van der Waals surface area contributed by atoms with Crippen molar-refractivity contribution in [2.75, 3.05) is 33.1 Å². The molecule has 0 spiro atoms. The van der Waals surface area contributed by atoms with E-state index < -0.39 is 32.8 Å². The van der Waals surface area contributed by atoms with E-state index in [2.05, 4.69) is 15.0 Å². The molecule has 12 heteroatoms. The average Bonchev–Trinajstić information content (AvgIpc) is 2.77. The Kier molecular flexibility index (Phi) is 7.97. The molecule has 3 rings (SSSR count). The number of aromatic hydroxyl groups is 1. The van der Waals surface area contributed by atoms with Gasteiger partial charge in [0.1, 0.15) is 16.9 Å². The number of carbonyl (C=O) groups is 1. The van der Waals surface area contributed by atoms with Crippen molar-refractivity contribution in [1.29, 1.82) is 0 Å². The molecule has 0 atom stereocenters. The molecule has 1 amide bonds. The van der Waals surface area contributed by atoms with Gasteiger partial charge in [-0.1, -0.05) is 12.1 Å². The zero-order valence-corrected chi connectivity index (χ0v) is 19.5. The van der Waals surface area contributed by atoms with E-state index in [-0.39, 0.29) is 43.1 Å². The van der Waals surface area contributed by atoms with E-state index in [0.29, 0.717) is 12.0 Å². The predicted octanol–water partition coefficient (Wildman–Crippen LogP) is 0.757. The zero-order chi connectivity index (χ0) is 24.9. The van der Waals surface area contributed by atoms with Crippen LogP contribution in [0.3, 0.4) is 0 Å². The number of rotatable bonds is 10. The second-order valence-electron chi connectivity index (χ2n) is 7.61. The molecule has 3 aromatic rings. The van der Waals surface area contributed by atoms with Gasteiger partial charge >= 0.3 is 0 Å². The maximum absolute atomic E-state index is 13.2. The number of benzene rings is 1. The maximum Gasteiger partial charge on any atom is 0.267 e. The summed E-state index contributed by atoms with van der Waals surface area (Å²) in [6.07, 6.45) is 2.85. The van der Waals surface area contributed by atoms with Crippen LogP contribution in [0, 0.1) is 5.82 Å². The summed E-state index contributed by atoms with van der Waals surface area (Å²) in [5.41, 5.74) is 0.413. The fourth-order valence-electron chi connectivity index (χ4n) is 3.41. The lowest BCUT2D eigenvalue weighted by atomic mass is 10.1. The van der Waals surface area contributed by atoms with E-state index >= 15 is 0 Å². The lowest BCUT2D eigenvalue weighted by molar-refractivity contribution is 0.0932. The van der Waals surface area contributed by atoms with E-state index in [9.17, 15) is 27.5 Å². The lowest BCUT2D eigenvalue weighted by Gasteiger charge is -2.15. The van der Waals surface area contributed by atoms with E-state index in [1.807, 2.05) is 0 Å². The predicted molar refractivity (Wildman–Crippen MR) is 124 cm³/mol. The second-order valence-corrected chi connectivity index (χ2v) is 9.44. The van der Waals surface area contributed by atoms with Gasteiger partial charge in [-0.3, -0.25) is 14.6 Å². The van der Waals surface area contributed by atoms with Crippen LogP contribution >= 0.6 is 0 Å². The molecule has 1 aromatic carbocycles. The van der Waals surface area contributed by atoms with Crippen LogP contribution in [-0.4, -0.2) is 62.0 Å². The van der Waals surface area contributed by atoms with Gasteiger partial charge in [0.05, 0.1) is 18.4 Å². The summed E-state index contributed by atoms with van der Waals surface area (Å²) in [5.74, 6) is -1.74. The molecule has 0 aliphatic rings. The Balaban J connectivity index is 2.08. The Morgan fingerprint density at radius 3 is 2.56 bits per heavy atom. The fraction of sp³-hybridized carbons (Fsp3) is 0.318. The minimum Gasteiger partial charge on any atom is -0.505 e. The van der Waals surface area contributed by atoms with E-state index in [0.717, 1.165) is 11.8 Å². The molecule has 0 aliphatic heterocycles. The molecule has 182 valence electrons. The van der Waals surface area contributed by atoms with Crippen LogP contribution in [0.5, 0.6) is 5.75 Å². The number of carbonyl (C=O) groups excluding carboxylic acids is 1. The van der Waals surface area contributed by atoms with Crippen LogP contribution in [0.2, 0.25) is 0 Å². The topological polar surface area (TPSA) is 140 Å².